The monoisotopic (exact) mass is 279 g/mol. The van der Waals surface area contributed by atoms with Gasteiger partial charge in [0.05, 0.1) is 0 Å². The predicted octanol–water partition coefficient (Wildman–Crippen LogP) is 2.85. The van der Waals surface area contributed by atoms with Gasteiger partial charge in [0, 0.05) is 12.0 Å². The fourth-order valence-corrected chi connectivity index (χ4v) is 6.32. The molecule has 0 spiro atoms. The summed E-state index contributed by atoms with van der Waals surface area (Å²) in [5, 5.41) is 15.5. The molecule has 4 fully saturated rings. The molecule has 0 radical (unpaired) electrons. The van der Waals surface area contributed by atoms with Crippen LogP contribution >= 0.6 is 0 Å². The summed E-state index contributed by atoms with van der Waals surface area (Å²) in [6.07, 6.45) is 9.98. The SMILES string of the molecule is CC12CC3CC(C)(C1)CC(NCCCC(N)=NO)(C3)C2. The molecule has 4 aliphatic carbocycles. The van der Waals surface area contributed by atoms with E-state index >= 15 is 0 Å². The summed E-state index contributed by atoms with van der Waals surface area (Å²) >= 11 is 0. The largest absolute Gasteiger partial charge is 0.409 e. The number of hydrogen-bond donors (Lipinski definition) is 3. The van der Waals surface area contributed by atoms with E-state index in [0.29, 0.717) is 28.6 Å². The standard InChI is InChI=1S/C16H29N3O/c1-14-6-12-7-15(2,9-14)11-16(8-12,10-14)18-5-3-4-13(17)19-20/h12,18,20H,3-11H2,1-2H3,(H2,17,19). The van der Waals surface area contributed by atoms with Gasteiger partial charge in [-0.15, -0.1) is 0 Å². The second-order valence-electron chi connectivity index (χ2n) is 8.53. The van der Waals surface area contributed by atoms with E-state index in [1.807, 2.05) is 0 Å². The van der Waals surface area contributed by atoms with Crippen molar-refractivity contribution in [3.8, 4) is 0 Å². The van der Waals surface area contributed by atoms with Crippen LogP contribution in [-0.2, 0) is 0 Å². The van der Waals surface area contributed by atoms with Gasteiger partial charge >= 0.3 is 0 Å². The molecule has 2 atom stereocenters. The van der Waals surface area contributed by atoms with Gasteiger partial charge in [-0.1, -0.05) is 19.0 Å². The summed E-state index contributed by atoms with van der Waals surface area (Å²) in [7, 11) is 0. The molecule has 0 heterocycles. The van der Waals surface area contributed by atoms with Gasteiger partial charge in [0.2, 0.25) is 0 Å². The predicted molar refractivity (Wildman–Crippen MR) is 80.8 cm³/mol. The molecule has 0 aromatic carbocycles. The lowest BCUT2D eigenvalue weighted by molar-refractivity contribution is -0.117. The molecule has 4 heteroatoms. The summed E-state index contributed by atoms with van der Waals surface area (Å²) in [4.78, 5) is 0. The number of hydrogen-bond acceptors (Lipinski definition) is 3. The Hall–Kier alpha value is -0.770. The molecule has 0 aliphatic heterocycles. The Labute approximate surface area is 122 Å². The number of amidine groups is 1. The molecule has 20 heavy (non-hydrogen) atoms. The Morgan fingerprint density at radius 1 is 1.20 bits per heavy atom. The maximum absolute atomic E-state index is 8.57. The third kappa shape index (κ3) is 2.54. The zero-order valence-corrected chi connectivity index (χ0v) is 12.9. The molecule has 4 bridgehead atoms. The second-order valence-corrected chi connectivity index (χ2v) is 8.53. The van der Waals surface area contributed by atoms with Crippen LogP contribution in [0.5, 0.6) is 0 Å². The molecule has 0 aromatic rings. The molecule has 4 rings (SSSR count). The Balaban J connectivity index is 1.61. The van der Waals surface area contributed by atoms with Crippen LogP contribution in [0.2, 0.25) is 0 Å². The third-order valence-corrected chi connectivity index (χ3v) is 5.86. The van der Waals surface area contributed by atoms with Gasteiger partial charge in [-0.2, -0.15) is 0 Å². The van der Waals surface area contributed by atoms with Crippen LogP contribution in [-0.4, -0.2) is 23.1 Å². The van der Waals surface area contributed by atoms with Crippen LogP contribution in [0.3, 0.4) is 0 Å². The number of nitrogens with two attached hydrogens (primary N) is 1. The molecular formula is C16H29N3O. The zero-order valence-electron chi connectivity index (χ0n) is 12.9. The van der Waals surface area contributed by atoms with Crippen molar-refractivity contribution in [2.45, 2.75) is 70.8 Å². The molecule has 114 valence electrons. The minimum Gasteiger partial charge on any atom is -0.409 e. The van der Waals surface area contributed by atoms with E-state index in [-0.39, 0.29) is 0 Å². The van der Waals surface area contributed by atoms with E-state index in [2.05, 4.69) is 24.3 Å². The first-order chi connectivity index (χ1) is 9.36. The summed E-state index contributed by atoms with van der Waals surface area (Å²) < 4.78 is 0. The molecule has 2 unspecified atom stereocenters. The number of nitrogens with zero attached hydrogens (tertiary/aromatic N) is 1. The van der Waals surface area contributed by atoms with Crippen LogP contribution in [0.1, 0.15) is 65.2 Å². The van der Waals surface area contributed by atoms with Crippen molar-refractivity contribution in [3.05, 3.63) is 0 Å². The van der Waals surface area contributed by atoms with Crippen molar-refractivity contribution < 1.29 is 5.21 Å². The molecule has 0 saturated heterocycles. The number of rotatable bonds is 5. The topological polar surface area (TPSA) is 70.6 Å². The van der Waals surface area contributed by atoms with Crippen molar-refractivity contribution in [1.82, 2.24) is 5.32 Å². The Morgan fingerprint density at radius 3 is 2.40 bits per heavy atom. The highest BCUT2D eigenvalue weighted by atomic mass is 16.4. The molecule has 4 aliphatic rings. The summed E-state index contributed by atoms with van der Waals surface area (Å²) in [5.74, 6) is 1.27. The summed E-state index contributed by atoms with van der Waals surface area (Å²) in [6, 6.07) is 0. The summed E-state index contributed by atoms with van der Waals surface area (Å²) in [6.45, 7) is 5.99. The van der Waals surface area contributed by atoms with Gasteiger partial charge in [0.25, 0.3) is 0 Å². The molecular weight excluding hydrogens is 250 g/mol. The summed E-state index contributed by atoms with van der Waals surface area (Å²) in [5.41, 5.74) is 7.03. The lowest BCUT2D eigenvalue weighted by atomic mass is 9.43. The number of oxime groups is 1. The van der Waals surface area contributed by atoms with Gasteiger partial charge in [-0.05, 0) is 68.2 Å². The van der Waals surface area contributed by atoms with Crippen molar-refractivity contribution in [3.63, 3.8) is 0 Å². The van der Waals surface area contributed by atoms with E-state index in [0.717, 1.165) is 18.9 Å². The van der Waals surface area contributed by atoms with Gasteiger partial charge in [-0.3, -0.25) is 0 Å². The molecule has 0 aromatic heterocycles. The minimum absolute atomic E-state index is 0.344. The zero-order chi connectivity index (χ0) is 14.4. The van der Waals surface area contributed by atoms with Crippen LogP contribution in [0.15, 0.2) is 5.16 Å². The van der Waals surface area contributed by atoms with Crippen LogP contribution in [0, 0.1) is 16.7 Å². The molecule has 4 nitrogen and oxygen atoms in total. The first kappa shape index (κ1) is 14.2. The van der Waals surface area contributed by atoms with E-state index in [4.69, 9.17) is 10.9 Å². The van der Waals surface area contributed by atoms with Crippen LogP contribution < -0.4 is 11.1 Å². The maximum atomic E-state index is 8.57. The molecule has 0 amide bonds. The second kappa shape index (κ2) is 4.62. The fraction of sp³-hybridized carbons (Fsp3) is 0.938. The van der Waals surface area contributed by atoms with Crippen molar-refractivity contribution >= 4 is 5.84 Å². The van der Waals surface area contributed by atoms with Gasteiger partial charge in [0.15, 0.2) is 0 Å². The molecule has 4 saturated carbocycles. The Morgan fingerprint density at radius 2 is 1.85 bits per heavy atom. The quantitative estimate of drug-likeness (QED) is 0.238. The number of nitrogens with one attached hydrogen (secondary N) is 1. The van der Waals surface area contributed by atoms with Gasteiger partial charge in [-0.25, -0.2) is 0 Å². The normalized spacial score (nSPS) is 46.9. The fourth-order valence-electron chi connectivity index (χ4n) is 6.32. The first-order valence-corrected chi connectivity index (χ1v) is 8.08. The lowest BCUT2D eigenvalue weighted by Gasteiger charge is -2.65. The van der Waals surface area contributed by atoms with Crippen molar-refractivity contribution in [1.29, 1.82) is 0 Å². The Bertz CT molecular complexity index is 402. The van der Waals surface area contributed by atoms with Crippen molar-refractivity contribution in [2.24, 2.45) is 27.6 Å². The maximum Gasteiger partial charge on any atom is 0.139 e. The van der Waals surface area contributed by atoms with Crippen molar-refractivity contribution in [2.75, 3.05) is 6.54 Å². The van der Waals surface area contributed by atoms with Crippen LogP contribution in [0.4, 0.5) is 0 Å². The third-order valence-electron chi connectivity index (χ3n) is 5.86. The van der Waals surface area contributed by atoms with Gasteiger partial charge < -0.3 is 16.3 Å². The van der Waals surface area contributed by atoms with E-state index in [9.17, 15) is 0 Å². The Kier molecular flexibility index (Phi) is 3.27. The minimum atomic E-state index is 0.344. The first-order valence-electron chi connectivity index (χ1n) is 8.08. The average Bonchev–Trinajstić information content (AvgIpc) is 2.29. The molecule has 4 N–H and O–H groups in total. The lowest BCUT2D eigenvalue weighted by Crippen LogP contribution is -2.64. The van der Waals surface area contributed by atoms with Gasteiger partial charge in [0.1, 0.15) is 5.84 Å². The highest BCUT2D eigenvalue weighted by Crippen LogP contribution is 2.66. The van der Waals surface area contributed by atoms with Crippen LogP contribution in [0.25, 0.3) is 0 Å². The highest BCUT2D eigenvalue weighted by Gasteiger charge is 2.59. The average molecular weight is 279 g/mol. The highest BCUT2D eigenvalue weighted by molar-refractivity contribution is 5.79. The smallest absolute Gasteiger partial charge is 0.139 e. The van der Waals surface area contributed by atoms with E-state index < -0.39 is 0 Å². The van der Waals surface area contributed by atoms with E-state index in [1.165, 1.54) is 38.5 Å². The van der Waals surface area contributed by atoms with E-state index in [1.54, 1.807) is 0 Å².